The molecule has 3 aromatic rings. The molecule has 1 aliphatic heterocycles. The first-order valence-electron chi connectivity index (χ1n) is 7.97. The van der Waals surface area contributed by atoms with Crippen LogP contribution in [-0.4, -0.2) is 11.4 Å². The van der Waals surface area contributed by atoms with E-state index in [0.717, 1.165) is 37.5 Å². The molecule has 0 aliphatic carbocycles. The Bertz CT molecular complexity index is 775. The van der Waals surface area contributed by atoms with Crippen molar-refractivity contribution in [1.82, 2.24) is 4.90 Å². The number of nitrogens with two attached hydrogens (primary N) is 1. The van der Waals surface area contributed by atoms with Gasteiger partial charge in [0.2, 0.25) is 0 Å². The van der Waals surface area contributed by atoms with Gasteiger partial charge in [-0.1, -0.05) is 36.4 Å². The van der Waals surface area contributed by atoms with Crippen molar-refractivity contribution in [2.24, 2.45) is 0 Å². The molecule has 1 aliphatic rings. The van der Waals surface area contributed by atoms with Crippen molar-refractivity contribution in [2.75, 3.05) is 12.3 Å². The Balaban J connectivity index is 1.52. The lowest BCUT2D eigenvalue weighted by Crippen LogP contribution is -2.29. The molecule has 0 spiro atoms. The minimum absolute atomic E-state index is 0.994. The van der Waals surface area contributed by atoms with Crippen LogP contribution in [0.25, 0.3) is 0 Å². The van der Waals surface area contributed by atoms with Gasteiger partial charge in [-0.05, 0) is 34.6 Å². The van der Waals surface area contributed by atoms with Crippen LogP contribution in [0.1, 0.15) is 26.4 Å². The van der Waals surface area contributed by atoms with E-state index in [0.29, 0.717) is 0 Å². The van der Waals surface area contributed by atoms with Crippen LogP contribution in [0.2, 0.25) is 0 Å². The van der Waals surface area contributed by atoms with Crippen molar-refractivity contribution in [3.05, 3.63) is 74.3 Å². The first kappa shape index (κ1) is 14.9. The van der Waals surface area contributed by atoms with E-state index >= 15 is 0 Å². The molecule has 23 heavy (non-hydrogen) atoms. The summed E-state index contributed by atoms with van der Waals surface area (Å²) < 4.78 is 0. The van der Waals surface area contributed by atoms with Crippen LogP contribution in [0.15, 0.2) is 47.8 Å². The highest BCUT2D eigenvalue weighted by Crippen LogP contribution is 2.37. The number of thiophene rings is 2. The van der Waals surface area contributed by atoms with Crippen molar-refractivity contribution >= 4 is 27.7 Å². The number of anilines is 1. The summed E-state index contributed by atoms with van der Waals surface area (Å²) in [5.41, 5.74) is 10.6. The third-order valence-electron chi connectivity index (χ3n) is 4.46. The summed E-state index contributed by atoms with van der Waals surface area (Å²) in [7, 11) is 0. The number of fused-ring (bicyclic) bond motifs is 1. The van der Waals surface area contributed by atoms with Crippen LogP contribution in [0.3, 0.4) is 0 Å². The molecule has 0 atom stereocenters. The molecule has 2 nitrogen and oxygen atoms in total. The Labute approximate surface area is 145 Å². The predicted octanol–water partition coefficient (Wildman–Crippen LogP) is 4.54. The summed E-state index contributed by atoms with van der Waals surface area (Å²) in [5.74, 6) is 0. The molecular formula is C19H20N2S2. The topological polar surface area (TPSA) is 29.3 Å². The fourth-order valence-electron chi connectivity index (χ4n) is 3.30. The monoisotopic (exact) mass is 340 g/mol. The average Bonchev–Trinajstić information content (AvgIpc) is 3.17. The Morgan fingerprint density at radius 1 is 1.09 bits per heavy atom. The van der Waals surface area contributed by atoms with Gasteiger partial charge in [-0.25, -0.2) is 0 Å². The van der Waals surface area contributed by atoms with Crippen LogP contribution >= 0.6 is 22.7 Å². The van der Waals surface area contributed by atoms with Crippen LogP contribution in [-0.2, 0) is 25.9 Å². The number of rotatable bonds is 4. The predicted molar refractivity (Wildman–Crippen MR) is 100 cm³/mol. The Hall–Kier alpha value is -1.62. The SMILES string of the molecule is Nc1sc2c(c1Cc1cccs1)CCN(Cc1ccccc1)C2. The minimum Gasteiger partial charge on any atom is -0.390 e. The van der Waals surface area contributed by atoms with E-state index in [2.05, 4.69) is 52.7 Å². The highest BCUT2D eigenvalue weighted by molar-refractivity contribution is 7.16. The Morgan fingerprint density at radius 2 is 1.96 bits per heavy atom. The Morgan fingerprint density at radius 3 is 2.74 bits per heavy atom. The molecule has 0 radical (unpaired) electrons. The van der Waals surface area contributed by atoms with Gasteiger partial charge in [-0.15, -0.1) is 22.7 Å². The number of hydrogen-bond acceptors (Lipinski definition) is 4. The molecule has 0 unspecified atom stereocenters. The van der Waals surface area contributed by atoms with Crippen LogP contribution < -0.4 is 5.73 Å². The molecule has 2 aromatic heterocycles. The Kier molecular flexibility index (Phi) is 4.21. The molecule has 0 saturated heterocycles. The van der Waals surface area contributed by atoms with E-state index in [-0.39, 0.29) is 0 Å². The molecule has 0 bridgehead atoms. The highest BCUT2D eigenvalue weighted by Gasteiger charge is 2.23. The summed E-state index contributed by atoms with van der Waals surface area (Å²) in [5, 5.41) is 3.16. The third kappa shape index (κ3) is 3.20. The normalized spacial score (nSPS) is 14.8. The molecule has 0 saturated carbocycles. The van der Waals surface area contributed by atoms with Gasteiger partial charge in [0.05, 0.1) is 5.00 Å². The van der Waals surface area contributed by atoms with Crippen molar-refractivity contribution < 1.29 is 0 Å². The van der Waals surface area contributed by atoms with Crippen molar-refractivity contribution in [2.45, 2.75) is 25.9 Å². The zero-order valence-corrected chi connectivity index (χ0v) is 14.6. The summed E-state index contributed by atoms with van der Waals surface area (Å²) in [6.07, 6.45) is 2.12. The van der Waals surface area contributed by atoms with Gasteiger partial charge in [0.1, 0.15) is 0 Å². The molecular weight excluding hydrogens is 320 g/mol. The van der Waals surface area contributed by atoms with Crippen molar-refractivity contribution in [1.29, 1.82) is 0 Å². The van der Waals surface area contributed by atoms with Crippen LogP contribution in [0.4, 0.5) is 5.00 Å². The molecule has 4 rings (SSSR count). The molecule has 118 valence electrons. The lowest BCUT2D eigenvalue weighted by molar-refractivity contribution is 0.248. The fourth-order valence-corrected chi connectivity index (χ4v) is 5.20. The van der Waals surface area contributed by atoms with E-state index in [9.17, 15) is 0 Å². The van der Waals surface area contributed by atoms with Gasteiger partial charge in [0.15, 0.2) is 0 Å². The molecule has 0 amide bonds. The second-order valence-electron chi connectivity index (χ2n) is 6.05. The minimum atomic E-state index is 0.994. The second-order valence-corrected chi connectivity index (χ2v) is 8.22. The first-order chi connectivity index (χ1) is 11.3. The first-order valence-corrected chi connectivity index (χ1v) is 9.67. The zero-order chi connectivity index (χ0) is 15.6. The molecule has 4 heteroatoms. The van der Waals surface area contributed by atoms with Crippen LogP contribution in [0.5, 0.6) is 0 Å². The lowest BCUT2D eigenvalue weighted by Gasteiger charge is -2.27. The van der Waals surface area contributed by atoms with Crippen LogP contribution in [0, 0.1) is 0 Å². The number of nitrogens with zero attached hydrogens (tertiary/aromatic N) is 1. The van der Waals surface area contributed by atoms with Gasteiger partial charge < -0.3 is 5.73 Å². The van der Waals surface area contributed by atoms with Gasteiger partial charge in [0, 0.05) is 35.8 Å². The van der Waals surface area contributed by atoms with Gasteiger partial charge >= 0.3 is 0 Å². The van der Waals surface area contributed by atoms with Gasteiger partial charge in [-0.3, -0.25) is 4.90 Å². The number of nitrogen functional groups attached to an aromatic ring is 1. The van der Waals surface area contributed by atoms with Crippen molar-refractivity contribution in [3.8, 4) is 0 Å². The summed E-state index contributed by atoms with van der Waals surface area (Å²) in [4.78, 5) is 5.41. The van der Waals surface area contributed by atoms with Crippen molar-refractivity contribution in [3.63, 3.8) is 0 Å². The van der Waals surface area contributed by atoms with E-state index < -0.39 is 0 Å². The lowest BCUT2D eigenvalue weighted by atomic mass is 10.00. The maximum atomic E-state index is 6.34. The standard InChI is InChI=1S/C19H20N2S2/c20-19-17(11-15-7-4-10-22-15)16-8-9-21(13-18(16)23-19)12-14-5-2-1-3-6-14/h1-7,10H,8-9,11-13,20H2. The highest BCUT2D eigenvalue weighted by atomic mass is 32.1. The van der Waals surface area contributed by atoms with Gasteiger partial charge in [0.25, 0.3) is 0 Å². The summed E-state index contributed by atoms with van der Waals surface area (Å²) in [6.45, 7) is 3.18. The quantitative estimate of drug-likeness (QED) is 0.755. The van der Waals surface area contributed by atoms with E-state index in [4.69, 9.17) is 5.73 Å². The maximum Gasteiger partial charge on any atom is 0.0898 e. The molecule has 2 N–H and O–H groups in total. The average molecular weight is 341 g/mol. The molecule has 0 fully saturated rings. The van der Waals surface area contributed by atoms with E-state index in [1.165, 1.54) is 26.4 Å². The summed E-state index contributed by atoms with van der Waals surface area (Å²) >= 11 is 3.62. The second kappa shape index (κ2) is 6.48. The molecule has 3 heterocycles. The van der Waals surface area contributed by atoms with E-state index in [1.54, 1.807) is 11.3 Å². The largest absolute Gasteiger partial charge is 0.390 e. The number of benzene rings is 1. The zero-order valence-electron chi connectivity index (χ0n) is 13.0. The third-order valence-corrected chi connectivity index (χ3v) is 6.42. The maximum absolute atomic E-state index is 6.34. The fraction of sp³-hybridized carbons (Fsp3) is 0.263. The molecule has 1 aromatic carbocycles. The number of hydrogen-bond donors (Lipinski definition) is 1. The van der Waals surface area contributed by atoms with Gasteiger partial charge in [-0.2, -0.15) is 0 Å². The van der Waals surface area contributed by atoms with E-state index in [1.807, 2.05) is 11.3 Å². The smallest absolute Gasteiger partial charge is 0.0898 e. The summed E-state index contributed by atoms with van der Waals surface area (Å²) in [6, 6.07) is 15.1.